The van der Waals surface area contributed by atoms with E-state index in [1.54, 1.807) is 0 Å². The fourth-order valence-corrected chi connectivity index (χ4v) is 3.94. The van der Waals surface area contributed by atoms with Gasteiger partial charge in [-0.2, -0.15) is 0 Å². The maximum absolute atomic E-state index is 9.83. The molecule has 0 saturated heterocycles. The number of hydrogen-bond acceptors (Lipinski definition) is 2. The first-order valence-corrected chi connectivity index (χ1v) is 15.9. The average Bonchev–Trinajstić information content (AvgIpc) is 2.88. The fourth-order valence-electron chi connectivity index (χ4n) is 3.94. The first-order valence-electron chi connectivity index (χ1n) is 15.9. The quantitative estimate of drug-likeness (QED) is 0.117. The van der Waals surface area contributed by atoms with Crippen LogP contribution in [0.3, 0.4) is 0 Å². The average molecular weight is 587 g/mol. The van der Waals surface area contributed by atoms with Crippen LogP contribution in [0.15, 0.2) is 131 Å². The molecule has 43 heavy (non-hydrogen) atoms. The summed E-state index contributed by atoms with van der Waals surface area (Å²) in [6.07, 6.45) is 40.8. The summed E-state index contributed by atoms with van der Waals surface area (Å²) in [5.41, 5.74) is 6.41. The molecule has 0 rings (SSSR count). The van der Waals surface area contributed by atoms with Crippen LogP contribution in [-0.2, 0) is 0 Å². The van der Waals surface area contributed by atoms with E-state index in [1.807, 2.05) is 27.7 Å². The molecule has 0 aliphatic carbocycles. The molecule has 0 radical (unpaired) electrons. The summed E-state index contributed by atoms with van der Waals surface area (Å²) in [6.45, 7) is 20.2. The monoisotopic (exact) mass is 586 g/mol. The van der Waals surface area contributed by atoms with Crippen LogP contribution in [0.5, 0.6) is 0 Å². The summed E-state index contributed by atoms with van der Waals surface area (Å²) in [5, 5.41) is 19.6. The number of aliphatic hydroxyl groups is 2. The summed E-state index contributed by atoms with van der Waals surface area (Å²) in [5.74, 6) is 0. The van der Waals surface area contributed by atoms with E-state index < -0.39 is 11.2 Å². The Labute approximate surface area is 265 Å². The van der Waals surface area contributed by atoms with Crippen molar-refractivity contribution < 1.29 is 10.2 Å². The van der Waals surface area contributed by atoms with E-state index in [-0.39, 0.29) is 0 Å². The maximum Gasteiger partial charge on any atom is 0.0594 e. The van der Waals surface area contributed by atoms with Gasteiger partial charge in [-0.15, -0.1) is 0 Å². The van der Waals surface area contributed by atoms with Gasteiger partial charge in [0.15, 0.2) is 0 Å². The highest BCUT2D eigenvalue weighted by molar-refractivity contribution is 5.32. The lowest BCUT2D eigenvalue weighted by molar-refractivity contribution is 0.0688. The third-order valence-electron chi connectivity index (χ3n) is 6.70. The van der Waals surface area contributed by atoms with Crippen molar-refractivity contribution in [2.24, 2.45) is 0 Å². The topological polar surface area (TPSA) is 40.5 Å². The zero-order valence-electron chi connectivity index (χ0n) is 29.1. The highest BCUT2D eigenvalue weighted by atomic mass is 16.3. The number of rotatable bonds is 19. The van der Waals surface area contributed by atoms with E-state index in [9.17, 15) is 10.2 Å². The van der Waals surface area contributed by atoms with Gasteiger partial charge in [0.25, 0.3) is 0 Å². The molecule has 0 saturated carbocycles. The molecule has 0 aromatic carbocycles. The minimum Gasteiger partial charge on any atom is -0.390 e. The van der Waals surface area contributed by atoms with Crippen molar-refractivity contribution >= 4 is 0 Å². The van der Waals surface area contributed by atoms with E-state index >= 15 is 0 Å². The molecule has 0 spiro atoms. The molecule has 2 N–H and O–H groups in total. The summed E-state index contributed by atoms with van der Waals surface area (Å²) >= 11 is 0. The van der Waals surface area contributed by atoms with Crippen molar-refractivity contribution in [1.82, 2.24) is 0 Å². The van der Waals surface area contributed by atoms with Gasteiger partial charge in [0.1, 0.15) is 0 Å². The Kier molecular flexibility index (Phi) is 21.0. The second-order valence-electron chi connectivity index (χ2n) is 13.1. The summed E-state index contributed by atoms with van der Waals surface area (Å²) in [7, 11) is 0. The molecule has 0 aliphatic rings. The minimum absolute atomic E-state index is 0.562. The molecule has 0 amide bonds. The van der Waals surface area contributed by atoms with Gasteiger partial charge in [-0.3, -0.25) is 0 Å². The Balaban J connectivity index is 4.61. The number of hydrogen-bond donors (Lipinski definition) is 2. The van der Waals surface area contributed by atoms with Crippen LogP contribution < -0.4 is 0 Å². The van der Waals surface area contributed by atoms with Crippen LogP contribution in [0.25, 0.3) is 0 Å². The molecule has 0 heterocycles. The molecule has 0 aromatic rings. The fraction of sp³-hybridized carbons (Fsp3) is 0.463. The van der Waals surface area contributed by atoms with Crippen molar-refractivity contribution in [3.63, 3.8) is 0 Å². The lowest BCUT2D eigenvalue weighted by atomic mass is 9.99. The van der Waals surface area contributed by atoms with Gasteiger partial charge in [0, 0.05) is 0 Å². The second kappa shape index (κ2) is 22.6. The van der Waals surface area contributed by atoms with Crippen molar-refractivity contribution in [3.05, 3.63) is 131 Å². The second-order valence-corrected chi connectivity index (χ2v) is 13.1. The molecule has 0 aromatic heterocycles. The van der Waals surface area contributed by atoms with E-state index in [4.69, 9.17) is 0 Å². The standard InChI is InChI=1S/C41H62O2/c1-34(23-15-26-37(4)28-17-25-36(3)22-13-14-32-40(7,8)42)20-11-12-21-35(2)24-16-27-38(5)29-18-30-39(6)31-19-33-41(9,10)43/h11-13,15-17,20-28,30,42-43H,14,18-19,29,31-33H2,1-10H3/b12-11+,22-13+,23-15+,24-16+,28-17+,34-20+,35-21+,36-25+,37-26+,38-27+,39-30+. The van der Waals surface area contributed by atoms with Crippen molar-refractivity contribution in [2.75, 3.05) is 0 Å². The van der Waals surface area contributed by atoms with Crippen LogP contribution in [0.4, 0.5) is 0 Å². The number of allylic oxidation sites excluding steroid dienone is 22. The first-order chi connectivity index (χ1) is 20.1. The molecule has 0 unspecified atom stereocenters. The van der Waals surface area contributed by atoms with E-state index in [2.05, 4.69) is 139 Å². The molecule has 0 bridgehead atoms. The molecule has 0 aliphatic heterocycles. The predicted octanol–water partition coefficient (Wildman–Crippen LogP) is 11.7. The van der Waals surface area contributed by atoms with Crippen molar-refractivity contribution in [3.8, 4) is 0 Å². The third kappa shape index (κ3) is 28.9. The molecule has 2 heteroatoms. The predicted molar refractivity (Wildman–Crippen MR) is 193 cm³/mol. The van der Waals surface area contributed by atoms with Crippen LogP contribution >= 0.6 is 0 Å². The largest absolute Gasteiger partial charge is 0.390 e. The smallest absolute Gasteiger partial charge is 0.0594 e. The van der Waals surface area contributed by atoms with Crippen molar-refractivity contribution in [2.45, 2.75) is 125 Å². The van der Waals surface area contributed by atoms with E-state index in [0.717, 1.165) is 44.9 Å². The van der Waals surface area contributed by atoms with Crippen LogP contribution in [0, 0.1) is 0 Å². The first kappa shape index (κ1) is 40.1. The summed E-state index contributed by atoms with van der Waals surface area (Å²) in [6, 6.07) is 0. The molecule has 238 valence electrons. The highest BCUT2D eigenvalue weighted by Crippen LogP contribution is 2.17. The summed E-state index contributed by atoms with van der Waals surface area (Å²) < 4.78 is 0. The van der Waals surface area contributed by atoms with Gasteiger partial charge in [-0.05, 0) is 114 Å². The lowest BCUT2D eigenvalue weighted by Crippen LogP contribution is -2.17. The van der Waals surface area contributed by atoms with Gasteiger partial charge in [0.05, 0.1) is 11.2 Å². The van der Waals surface area contributed by atoms with Gasteiger partial charge >= 0.3 is 0 Å². The molecule has 0 atom stereocenters. The Bertz CT molecular complexity index is 1140. The Hall–Kier alpha value is -2.94. The van der Waals surface area contributed by atoms with Gasteiger partial charge in [-0.25, -0.2) is 0 Å². The normalized spacial score (nSPS) is 16.0. The Morgan fingerprint density at radius 2 is 0.930 bits per heavy atom. The Morgan fingerprint density at radius 1 is 0.488 bits per heavy atom. The zero-order valence-corrected chi connectivity index (χ0v) is 29.1. The van der Waals surface area contributed by atoms with Crippen LogP contribution in [-0.4, -0.2) is 21.4 Å². The Morgan fingerprint density at radius 3 is 1.42 bits per heavy atom. The minimum atomic E-state index is -0.606. The van der Waals surface area contributed by atoms with Gasteiger partial charge in [0.2, 0.25) is 0 Å². The molecule has 0 fully saturated rings. The highest BCUT2D eigenvalue weighted by Gasteiger charge is 2.11. The lowest BCUT2D eigenvalue weighted by Gasteiger charge is -2.16. The molecule has 2 nitrogen and oxygen atoms in total. The third-order valence-corrected chi connectivity index (χ3v) is 6.70. The SMILES string of the molecule is CC(/C=C/C=C(C)/C=C/C=C(C)/C=C/CCC(C)(C)O)=C\C=C\C=C(C)\C=C\C=C(/C)CC/C=C(\C)CCCC(C)(C)O. The molecular weight excluding hydrogens is 524 g/mol. The molecular formula is C41H62O2. The zero-order chi connectivity index (χ0) is 32.7. The van der Waals surface area contributed by atoms with Crippen LogP contribution in [0.2, 0.25) is 0 Å². The van der Waals surface area contributed by atoms with E-state index in [0.29, 0.717) is 0 Å². The van der Waals surface area contributed by atoms with Crippen LogP contribution in [0.1, 0.15) is 114 Å². The maximum atomic E-state index is 9.83. The summed E-state index contributed by atoms with van der Waals surface area (Å²) in [4.78, 5) is 0. The van der Waals surface area contributed by atoms with E-state index in [1.165, 1.54) is 33.4 Å². The van der Waals surface area contributed by atoms with Crippen molar-refractivity contribution in [1.29, 1.82) is 0 Å². The van der Waals surface area contributed by atoms with Gasteiger partial charge < -0.3 is 10.2 Å². The van der Waals surface area contributed by atoms with Gasteiger partial charge in [-0.1, -0.05) is 131 Å².